The van der Waals surface area contributed by atoms with Crippen molar-refractivity contribution in [1.29, 1.82) is 0 Å². The van der Waals surface area contributed by atoms with E-state index in [1.807, 2.05) is 0 Å². The molecule has 8 nitrogen and oxygen atoms in total. The molecule has 1 aliphatic carbocycles. The molecule has 2 aromatic rings. The van der Waals surface area contributed by atoms with Gasteiger partial charge in [0.05, 0.1) is 12.1 Å². The first kappa shape index (κ1) is 19.3. The molecule has 0 aliphatic heterocycles. The van der Waals surface area contributed by atoms with E-state index in [2.05, 4.69) is 39.4 Å². The maximum atomic E-state index is 10.1. The average molecular weight is 381 g/mol. The van der Waals surface area contributed by atoms with Gasteiger partial charge in [-0.25, -0.2) is 14.6 Å². The number of hydrogen-bond donors (Lipinski definition) is 3. The summed E-state index contributed by atoms with van der Waals surface area (Å²) in [5.41, 5.74) is 1.37. The van der Waals surface area contributed by atoms with E-state index in [4.69, 9.17) is 0 Å². The third kappa shape index (κ3) is 4.10. The molecule has 3 N–H and O–H groups in total. The van der Waals surface area contributed by atoms with Crippen molar-refractivity contribution in [3.8, 4) is 0 Å². The Hall–Kier alpha value is -1.45. The van der Waals surface area contributed by atoms with Crippen LogP contribution in [0.2, 0.25) is 0 Å². The third-order valence-electron chi connectivity index (χ3n) is 4.77. The van der Waals surface area contributed by atoms with Gasteiger partial charge in [-0.1, -0.05) is 37.2 Å². The number of nitrogens with one attached hydrogen (secondary N) is 1. The normalized spacial score (nSPS) is 23.0. The lowest BCUT2D eigenvalue weighted by molar-refractivity contribution is 0.0906. The lowest BCUT2D eigenvalue weighted by Gasteiger charge is -2.11. The van der Waals surface area contributed by atoms with Gasteiger partial charge in [0.1, 0.15) is 0 Å². The van der Waals surface area contributed by atoms with Crippen molar-refractivity contribution >= 4 is 28.7 Å². The van der Waals surface area contributed by atoms with Crippen molar-refractivity contribution < 1.29 is 10.2 Å². The fourth-order valence-corrected chi connectivity index (χ4v) is 3.98. The zero-order valence-corrected chi connectivity index (χ0v) is 16.2. The molecule has 0 spiro atoms. The van der Waals surface area contributed by atoms with E-state index in [0.29, 0.717) is 24.0 Å². The first-order chi connectivity index (χ1) is 12.7. The minimum absolute atomic E-state index is 0.00503. The highest BCUT2D eigenvalue weighted by atomic mass is 32.2. The lowest BCUT2D eigenvalue weighted by Crippen LogP contribution is -2.16. The lowest BCUT2D eigenvalue weighted by atomic mass is 10.1. The minimum Gasteiger partial charge on any atom is -0.396 e. The molecule has 26 heavy (non-hydrogen) atoms. The molecule has 0 amide bonds. The van der Waals surface area contributed by atoms with Crippen molar-refractivity contribution in [2.24, 2.45) is 5.92 Å². The van der Waals surface area contributed by atoms with Gasteiger partial charge < -0.3 is 15.5 Å². The number of thioether (sulfide) groups is 1. The van der Waals surface area contributed by atoms with E-state index in [0.717, 1.165) is 42.5 Å². The van der Waals surface area contributed by atoms with Crippen molar-refractivity contribution in [3.05, 3.63) is 0 Å². The second-order valence-corrected chi connectivity index (χ2v) is 7.89. The number of aliphatic hydroxyl groups is 2. The fourth-order valence-electron chi connectivity index (χ4n) is 3.29. The summed E-state index contributed by atoms with van der Waals surface area (Å²) in [4.78, 5) is 9.32. The van der Waals surface area contributed by atoms with Crippen LogP contribution in [0.1, 0.15) is 52.0 Å². The largest absolute Gasteiger partial charge is 0.396 e. The molecule has 1 aliphatic rings. The van der Waals surface area contributed by atoms with E-state index in [1.54, 1.807) is 16.4 Å². The van der Waals surface area contributed by atoms with Crippen LogP contribution in [-0.2, 0) is 0 Å². The Balaban J connectivity index is 1.93. The summed E-state index contributed by atoms with van der Waals surface area (Å²) in [5.74, 6) is 1.57. The van der Waals surface area contributed by atoms with Crippen LogP contribution in [0, 0.1) is 5.92 Å². The van der Waals surface area contributed by atoms with E-state index < -0.39 is 6.10 Å². The van der Waals surface area contributed by atoms with Gasteiger partial charge in [-0.05, 0) is 25.7 Å². The van der Waals surface area contributed by atoms with Gasteiger partial charge in [0.2, 0.25) is 0 Å². The molecule has 144 valence electrons. The van der Waals surface area contributed by atoms with Crippen molar-refractivity contribution in [2.45, 2.75) is 63.3 Å². The van der Waals surface area contributed by atoms with E-state index in [1.165, 1.54) is 0 Å². The molecule has 9 heteroatoms. The number of nitrogens with zero attached hydrogens (tertiary/aromatic N) is 5. The highest BCUT2D eigenvalue weighted by Gasteiger charge is 2.35. The van der Waals surface area contributed by atoms with E-state index in [-0.39, 0.29) is 18.6 Å². The Labute approximate surface area is 157 Å². The zero-order valence-electron chi connectivity index (χ0n) is 15.4. The van der Waals surface area contributed by atoms with Gasteiger partial charge in [-0.3, -0.25) is 0 Å². The number of rotatable bonds is 9. The maximum Gasteiger partial charge on any atom is 0.191 e. The first-order valence-corrected chi connectivity index (χ1v) is 10.4. The van der Waals surface area contributed by atoms with Crippen LogP contribution in [-0.4, -0.2) is 60.2 Å². The molecule has 0 bridgehead atoms. The Morgan fingerprint density at radius 1 is 1.23 bits per heavy atom. The molecule has 3 atom stereocenters. The van der Waals surface area contributed by atoms with E-state index >= 15 is 0 Å². The molecular weight excluding hydrogens is 352 g/mol. The number of aromatic nitrogens is 5. The topological polar surface area (TPSA) is 109 Å². The summed E-state index contributed by atoms with van der Waals surface area (Å²) in [7, 11) is 0. The number of unbranched alkanes of at least 4 members (excludes halogenated alkanes) is 1. The Morgan fingerprint density at radius 3 is 2.77 bits per heavy atom. The third-order valence-corrected chi connectivity index (χ3v) is 5.83. The number of fused-ring (bicyclic) bond motifs is 1. The standard InChI is InChI=1S/C17H28N6O2S/c1-3-5-6-18-15-14-16(20-17(19-15)26-7-4-2)23(22-21-14)12-8-11(10-24)13(25)9-12/h11-13,24-25H,3-10H2,1-2H3,(H,18,19,20). The van der Waals surface area contributed by atoms with Crippen molar-refractivity contribution in [3.63, 3.8) is 0 Å². The molecule has 0 radical (unpaired) electrons. The van der Waals surface area contributed by atoms with Gasteiger partial charge >= 0.3 is 0 Å². The van der Waals surface area contributed by atoms with Crippen LogP contribution in [0.5, 0.6) is 0 Å². The number of aliphatic hydroxyl groups excluding tert-OH is 2. The monoisotopic (exact) mass is 380 g/mol. The van der Waals surface area contributed by atoms with Gasteiger partial charge in [0, 0.05) is 24.8 Å². The van der Waals surface area contributed by atoms with Gasteiger partial charge in [-0.15, -0.1) is 5.10 Å². The molecule has 3 unspecified atom stereocenters. The second kappa shape index (κ2) is 8.96. The smallest absolute Gasteiger partial charge is 0.191 e. The van der Waals surface area contributed by atoms with Crippen LogP contribution in [0.15, 0.2) is 5.16 Å². The quantitative estimate of drug-likeness (QED) is 0.345. The zero-order chi connectivity index (χ0) is 18.5. The van der Waals surface area contributed by atoms with Gasteiger partial charge in [0.15, 0.2) is 22.1 Å². The Kier molecular flexibility index (Phi) is 6.66. The highest BCUT2D eigenvalue weighted by molar-refractivity contribution is 7.99. The summed E-state index contributed by atoms with van der Waals surface area (Å²) in [6.07, 6.45) is 3.94. The molecular formula is C17H28N6O2S. The SMILES string of the molecule is CCCCNc1nc(SCCC)nc2c1nnn2C1CC(O)C(CO)C1. The molecule has 2 aromatic heterocycles. The predicted molar refractivity (Wildman–Crippen MR) is 102 cm³/mol. The summed E-state index contributed by atoms with van der Waals surface area (Å²) in [5, 5.41) is 32.3. The molecule has 0 saturated heterocycles. The summed E-state index contributed by atoms with van der Waals surface area (Å²) in [6, 6.07) is -0.00503. The van der Waals surface area contributed by atoms with Crippen molar-refractivity contribution in [2.75, 3.05) is 24.2 Å². The highest BCUT2D eigenvalue weighted by Crippen LogP contribution is 2.36. The predicted octanol–water partition coefficient (Wildman–Crippen LogP) is 2.24. The van der Waals surface area contributed by atoms with Crippen molar-refractivity contribution in [1.82, 2.24) is 25.0 Å². The summed E-state index contributed by atoms with van der Waals surface area (Å²) >= 11 is 1.63. The first-order valence-electron chi connectivity index (χ1n) is 9.46. The maximum absolute atomic E-state index is 10.1. The molecule has 1 saturated carbocycles. The van der Waals surface area contributed by atoms with Crippen LogP contribution in [0.4, 0.5) is 5.82 Å². The van der Waals surface area contributed by atoms with Crippen LogP contribution >= 0.6 is 11.8 Å². The molecule has 3 rings (SSSR count). The molecule has 1 fully saturated rings. The molecule has 0 aromatic carbocycles. The Morgan fingerprint density at radius 2 is 2.08 bits per heavy atom. The Bertz CT molecular complexity index is 725. The van der Waals surface area contributed by atoms with Gasteiger partial charge in [0.25, 0.3) is 0 Å². The second-order valence-electron chi connectivity index (χ2n) is 6.83. The number of anilines is 1. The van der Waals surface area contributed by atoms with E-state index in [9.17, 15) is 10.2 Å². The minimum atomic E-state index is -0.512. The number of hydrogen-bond acceptors (Lipinski definition) is 8. The van der Waals surface area contributed by atoms with Crippen LogP contribution in [0.3, 0.4) is 0 Å². The summed E-state index contributed by atoms with van der Waals surface area (Å²) < 4.78 is 1.80. The summed E-state index contributed by atoms with van der Waals surface area (Å²) in [6.45, 7) is 5.11. The van der Waals surface area contributed by atoms with Crippen LogP contribution in [0.25, 0.3) is 11.2 Å². The van der Waals surface area contributed by atoms with Crippen LogP contribution < -0.4 is 5.32 Å². The molecule has 2 heterocycles. The average Bonchev–Trinajstić information content (AvgIpc) is 3.23. The fraction of sp³-hybridized carbons (Fsp3) is 0.765. The van der Waals surface area contributed by atoms with Gasteiger partial charge in [-0.2, -0.15) is 0 Å².